The molecule has 4 nitrogen and oxygen atoms in total. The van der Waals surface area contributed by atoms with Crippen LogP contribution in [0.2, 0.25) is 0 Å². The molecule has 0 aromatic heterocycles. The Morgan fingerprint density at radius 3 is 2.23 bits per heavy atom. The van der Waals surface area contributed by atoms with E-state index < -0.39 is 0 Å². The van der Waals surface area contributed by atoms with E-state index in [2.05, 4.69) is 13.8 Å². The summed E-state index contributed by atoms with van der Waals surface area (Å²) >= 11 is 0. The molecule has 0 saturated carbocycles. The Morgan fingerprint density at radius 2 is 1.59 bits per heavy atom. The minimum atomic E-state index is -0.261. The Hall–Kier alpha value is -2.62. The number of aromatic hydroxyl groups is 1. The van der Waals surface area contributed by atoms with Crippen LogP contribution < -0.4 is 0 Å². The highest BCUT2D eigenvalue weighted by molar-refractivity contribution is 6.21. The maximum absolute atomic E-state index is 12.5. The lowest BCUT2D eigenvalue weighted by Crippen LogP contribution is -2.29. The number of phenolic OH excluding ortho intramolecular Hbond substituents is 1. The number of hydrogen-bond acceptors (Lipinski definition) is 3. The number of phenols is 1. The van der Waals surface area contributed by atoms with Crippen LogP contribution in [0, 0.1) is 0 Å². The number of hydrogen-bond donors (Lipinski definition) is 1. The smallest absolute Gasteiger partial charge is 0.261 e. The van der Waals surface area contributed by atoms with E-state index in [1.807, 2.05) is 12.1 Å². The molecule has 112 valence electrons. The van der Waals surface area contributed by atoms with Gasteiger partial charge in [0.2, 0.25) is 0 Å². The summed E-state index contributed by atoms with van der Waals surface area (Å²) in [6.45, 7) is 4.32. The van der Waals surface area contributed by atoms with Gasteiger partial charge >= 0.3 is 0 Å². The topological polar surface area (TPSA) is 57.6 Å². The zero-order valence-corrected chi connectivity index (χ0v) is 12.5. The number of nitrogens with zero attached hydrogens (tertiary/aromatic N) is 1. The number of amides is 2. The maximum Gasteiger partial charge on any atom is 0.261 e. The third kappa shape index (κ3) is 2.37. The molecule has 0 atom stereocenters. The van der Waals surface area contributed by atoms with Crippen LogP contribution in [0.15, 0.2) is 42.5 Å². The van der Waals surface area contributed by atoms with Gasteiger partial charge in [0.05, 0.1) is 17.7 Å². The third-order valence-electron chi connectivity index (χ3n) is 3.94. The zero-order valence-electron chi connectivity index (χ0n) is 12.5. The van der Waals surface area contributed by atoms with E-state index in [0.717, 1.165) is 11.1 Å². The van der Waals surface area contributed by atoms with Crippen molar-refractivity contribution >= 4 is 11.8 Å². The number of carbonyl (C=O) groups excluding carboxylic acids is 2. The molecule has 0 fully saturated rings. The summed E-state index contributed by atoms with van der Waals surface area (Å²) in [6, 6.07) is 12.0. The monoisotopic (exact) mass is 295 g/mol. The lowest BCUT2D eigenvalue weighted by atomic mass is 9.98. The fourth-order valence-electron chi connectivity index (χ4n) is 2.59. The summed E-state index contributed by atoms with van der Waals surface area (Å²) in [5.74, 6) is -0.0500. The number of carbonyl (C=O) groups is 2. The highest BCUT2D eigenvalue weighted by Crippen LogP contribution is 2.28. The Labute approximate surface area is 129 Å². The van der Waals surface area contributed by atoms with E-state index in [1.54, 1.807) is 30.3 Å². The quantitative estimate of drug-likeness (QED) is 0.884. The Morgan fingerprint density at radius 1 is 0.955 bits per heavy atom. The molecular formula is C18H17NO3. The van der Waals surface area contributed by atoms with Crippen molar-refractivity contribution in [3.63, 3.8) is 0 Å². The predicted molar refractivity (Wildman–Crippen MR) is 82.8 cm³/mol. The van der Waals surface area contributed by atoms with Gasteiger partial charge in [-0.05, 0) is 41.3 Å². The second-order valence-electron chi connectivity index (χ2n) is 5.82. The van der Waals surface area contributed by atoms with Crippen molar-refractivity contribution in [1.29, 1.82) is 0 Å². The van der Waals surface area contributed by atoms with Crippen LogP contribution in [0.25, 0.3) is 0 Å². The molecule has 2 amide bonds. The van der Waals surface area contributed by atoms with Crippen LogP contribution in [0.3, 0.4) is 0 Å². The first-order valence-corrected chi connectivity index (χ1v) is 7.25. The van der Waals surface area contributed by atoms with Gasteiger partial charge in [0.15, 0.2) is 0 Å². The minimum absolute atomic E-state index is 0.160. The fourth-order valence-corrected chi connectivity index (χ4v) is 2.59. The Kier molecular flexibility index (Phi) is 3.45. The van der Waals surface area contributed by atoms with Crippen molar-refractivity contribution in [1.82, 2.24) is 4.90 Å². The van der Waals surface area contributed by atoms with E-state index in [-0.39, 0.29) is 24.1 Å². The van der Waals surface area contributed by atoms with Crippen LogP contribution in [0.4, 0.5) is 0 Å². The van der Waals surface area contributed by atoms with Gasteiger partial charge < -0.3 is 5.11 Å². The summed E-state index contributed by atoms with van der Waals surface area (Å²) in [7, 11) is 0. The van der Waals surface area contributed by atoms with Gasteiger partial charge in [-0.25, -0.2) is 0 Å². The second kappa shape index (κ2) is 5.30. The van der Waals surface area contributed by atoms with Crippen LogP contribution in [0.5, 0.6) is 5.75 Å². The second-order valence-corrected chi connectivity index (χ2v) is 5.82. The third-order valence-corrected chi connectivity index (χ3v) is 3.94. The van der Waals surface area contributed by atoms with Gasteiger partial charge in [0, 0.05) is 0 Å². The Bertz CT molecular complexity index is 747. The SMILES string of the molecule is CC(C)c1ccc2c(c1)C(=O)N(Cc1ccc(O)cc1)C2=O. The van der Waals surface area contributed by atoms with Gasteiger partial charge in [-0.15, -0.1) is 0 Å². The predicted octanol–water partition coefficient (Wildman–Crippen LogP) is 3.31. The molecular weight excluding hydrogens is 278 g/mol. The summed E-state index contributed by atoms with van der Waals surface area (Å²) < 4.78 is 0. The summed E-state index contributed by atoms with van der Waals surface area (Å²) in [4.78, 5) is 26.2. The first kappa shape index (κ1) is 14.3. The minimum Gasteiger partial charge on any atom is -0.508 e. The molecule has 2 aromatic carbocycles. The van der Waals surface area contributed by atoms with Gasteiger partial charge in [0.25, 0.3) is 11.8 Å². The van der Waals surface area contributed by atoms with Gasteiger partial charge in [-0.3, -0.25) is 14.5 Å². The van der Waals surface area contributed by atoms with Crippen LogP contribution >= 0.6 is 0 Å². The number of rotatable bonds is 3. The average Bonchev–Trinajstić information content (AvgIpc) is 2.74. The fraction of sp³-hybridized carbons (Fsp3) is 0.222. The molecule has 0 spiro atoms. The molecule has 4 heteroatoms. The lowest BCUT2D eigenvalue weighted by molar-refractivity contribution is 0.0642. The largest absolute Gasteiger partial charge is 0.508 e. The number of fused-ring (bicyclic) bond motifs is 1. The summed E-state index contributed by atoms with van der Waals surface area (Å²) in [5.41, 5.74) is 2.80. The number of benzene rings is 2. The van der Waals surface area contributed by atoms with Gasteiger partial charge in [-0.2, -0.15) is 0 Å². The van der Waals surface area contributed by atoms with Gasteiger partial charge in [-0.1, -0.05) is 32.0 Å². The van der Waals surface area contributed by atoms with Crippen molar-refractivity contribution in [3.05, 3.63) is 64.7 Å². The van der Waals surface area contributed by atoms with Crippen molar-refractivity contribution in [2.75, 3.05) is 0 Å². The highest BCUT2D eigenvalue weighted by Gasteiger charge is 2.35. The molecule has 22 heavy (non-hydrogen) atoms. The van der Waals surface area contributed by atoms with Crippen LogP contribution in [-0.2, 0) is 6.54 Å². The number of imide groups is 1. The molecule has 0 saturated heterocycles. The molecule has 0 aliphatic carbocycles. The lowest BCUT2D eigenvalue weighted by Gasteiger charge is -2.13. The zero-order chi connectivity index (χ0) is 15.9. The van der Waals surface area contributed by atoms with E-state index >= 15 is 0 Å². The maximum atomic E-state index is 12.5. The molecule has 1 aliphatic rings. The normalized spacial score (nSPS) is 13.9. The van der Waals surface area contributed by atoms with Crippen molar-refractivity contribution in [2.24, 2.45) is 0 Å². The van der Waals surface area contributed by atoms with Gasteiger partial charge in [0.1, 0.15) is 5.75 Å². The molecule has 3 rings (SSSR count). The van der Waals surface area contributed by atoms with Crippen molar-refractivity contribution in [3.8, 4) is 5.75 Å². The van der Waals surface area contributed by atoms with Crippen molar-refractivity contribution in [2.45, 2.75) is 26.3 Å². The van der Waals surface area contributed by atoms with Crippen LogP contribution in [-0.4, -0.2) is 21.8 Å². The highest BCUT2D eigenvalue weighted by atomic mass is 16.3. The van der Waals surface area contributed by atoms with Crippen molar-refractivity contribution < 1.29 is 14.7 Å². The first-order chi connectivity index (χ1) is 10.5. The summed E-state index contributed by atoms with van der Waals surface area (Å²) in [6.07, 6.45) is 0. The summed E-state index contributed by atoms with van der Waals surface area (Å²) in [5, 5.41) is 9.30. The molecule has 0 bridgehead atoms. The molecule has 1 heterocycles. The van der Waals surface area contributed by atoms with Crippen LogP contribution in [0.1, 0.15) is 51.6 Å². The average molecular weight is 295 g/mol. The molecule has 0 unspecified atom stereocenters. The molecule has 1 aliphatic heterocycles. The standard InChI is InChI=1S/C18H17NO3/c1-11(2)13-5-8-15-16(9-13)18(22)19(17(15)21)10-12-3-6-14(20)7-4-12/h3-9,11,20H,10H2,1-2H3. The Balaban J connectivity index is 1.91. The molecule has 0 radical (unpaired) electrons. The van der Waals surface area contributed by atoms with E-state index in [0.29, 0.717) is 17.0 Å². The first-order valence-electron chi connectivity index (χ1n) is 7.25. The van der Waals surface area contributed by atoms with E-state index in [4.69, 9.17) is 0 Å². The van der Waals surface area contributed by atoms with E-state index in [9.17, 15) is 14.7 Å². The molecule has 2 aromatic rings. The van der Waals surface area contributed by atoms with E-state index in [1.165, 1.54) is 4.90 Å². The molecule has 1 N–H and O–H groups in total.